The second kappa shape index (κ2) is 13.3. The molecule has 5 N–H and O–H groups in total. The van der Waals surface area contributed by atoms with Crippen LogP contribution in [0.5, 0.6) is 5.75 Å². The summed E-state index contributed by atoms with van der Waals surface area (Å²) < 4.78 is 5.75. The molecule has 0 radical (unpaired) electrons. The zero-order valence-corrected chi connectivity index (χ0v) is 23.8. The summed E-state index contributed by atoms with van der Waals surface area (Å²) in [6.45, 7) is 2.27. The molecule has 224 valence electrons. The molecule has 1 aliphatic carbocycles. The Balaban J connectivity index is 1.45. The number of nitrogens with one attached hydrogen (secondary N) is 4. The third-order valence-corrected chi connectivity index (χ3v) is 8.02. The van der Waals surface area contributed by atoms with Gasteiger partial charge < -0.3 is 36.0 Å². The molecule has 2 aromatic rings. The lowest BCUT2D eigenvalue weighted by atomic mass is 9.93. The number of carbonyl (C=O) groups excluding carboxylic acids is 4. The van der Waals surface area contributed by atoms with Gasteiger partial charge >= 0.3 is 0 Å². The smallest absolute Gasteiger partial charge is 0.258 e. The van der Waals surface area contributed by atoms with Crippen LogP contribution in [0.15, 0.2) is 54.6 Å². The Bertz CT molecular complexity index is 1280. The monoisotopic (exact) mass is 577 g/mol. The number of carbonyl (C=O) groups is 4. The van der Waals surface area contributed by atoms with Crippen molar-refractivity contribution in [1.82, 2.24) is 26.2 Å². The Hall–Kier alpha value is -3.96. The molecule has 0 unspecified atom stereocenters. The van der Waals surface area contributed by atoms with Crippen LogP contribution in [-0.4, -0.2) is 90.7 Å². The molecule has 5 rings (SSSR count). The number of aliphatic hydroxyl groups is 1. The van der Waals surface area contributed by atoms with Crippen molar-refractivity contribution in [3.8, 4) is 5.75 Å². The molecule has 0 aromatic heterocycles. The van der Waals surface area contributed by atoms with E-state index in [1.54, 1.807) is 6.07 Å². The summed E-state index contributed by atoms with van der Waals surface area (Å²) in [5, 5.41) is 22.4. The highest BCUT2D eigenvalue weighted by molar-refractivity contribution is 5.93. The van der Waals surface area contributed by atoms with Crippen LogP contribution in [0.25, 0.3) is 0 Å². The van der Waals surface area contributed by atoms with Crippen LogP contribution < -0.4 is 26.0 Å². The van der Waals surface area contributed by atoms with E-state index >= 15 is 0 Å². The van der Waals surface area contributed by atoms with Gasteiger partial charge in [0.25, 0.3) is 5.91 Å². The molecule has 3 aliphatic rings. The molecule has 5 atom stereocenters. The minimum atomic E-state index is -1.26. The second-order valence-corrected chi connectivity index (χ2v) is 11.5. The van der Waals surface area contributed by atoms with E-state index in [9.17, 15) is 24.3 Å². The van der Waals surface area contributed by atoms with Crippen molar-refractivity contribution in [2.45, 2.75) is 56.3 Å². The first-order valence-corrected chi connectivity index (χ1v) is 14.6. The SMILES string of the molecule is C[C@@H](O)[C@@H]1NC(=O)COc2cccc(c2)[C@H]2CNC[C@@H]2NC(=O)[C@H](Cc2ccccc2)NC(=O)CN(CC2CC2)C1=O. The first kappa shape index (κ1) is 29.5. The molecule has 0 spiro atoms. The van der Waals surface area contributed by atoms with Gasteiger partial charge in [0.1, 0.15) is 17.8 Å². The van der Waals surface area contributed by atoms with Gasteiger partial charge in [-0.25, -0.2) is 0 Å². The summed E-state index contributed by atoms with van der Waals surface area (Å²) in [5.41, 5.74) is 1.81. The summed E-state index contributed by atoms with van der Waals surface area (Å²) in [5.74, 6) is -1.26. The highest BCUT2D eigenvalue weighted by Crippen LogP contribution is 2.30. The van der Waals surface area contributed by atoms with Crippen LogP contribution in [0.4, 0.5) is 0 Å². The largest absolute Gasteiger partial charge is 0.484 e. The van der Waals surface area contributed by atoms with Gasteiger partial charge in [-0.15, -0.1) is 0 Å². The van der Waals surface area contributed by atoms with Crippen molar-refractivity contribution in [2.24, 2.45) is 5.92 Å². The number of nitrogens with zero attached hydrogens (tertiary/aromatic N) is 1. The lowest BCUT2D eigenvalue weighted by molar-refractivity contribution is -0.143. The van der Waals surface area contributed by atoms with Crippen molar-refractivity contribution in [1.29, 1.82) is 0 Å². The third kappa shape index (κ3) is 7.65. The van der Waals surface area contributed by atoms with Gasteiger partial charge in [-0.05, 0) is 48.9 Å². The van der Waals surface area contributed by atoms with E-state index < -0.39 is 35.9 Å². The molecule has 2 heterocycles. The molecule has 11 nitrogen and oxygen atoms in total. The maximum absolute atomic E-state index is 13.7. The molecule has 2 fully saturated rings. The standard InChI is InChI=1S/C31H39N5O6/c1-19(37)29-31(41)36(16-21-10-11-21)17-27(38)33-25(12-20-6-3-2-4-7-20)30(40)34-26-15-32-14-24(26)22-8-5-9-23(13-22)42-18-28(39)35-29/h2-9,13,19,21,24-26,29,32,37H,10-12,14-18H2,1H3,(H,33,38)(H,34,40)(H,35,39)/t19-,24-,25+,26+,29+/m1/s1. The maximum Gasteiger partial charge on any atom is 0.258 e. The average molecular weight is 578 g/mol. The van der Waals surface area contributed by atoms with Crippen LogP contribution in [-0.2, 0) is 25.6 Å². The Morgan fingerprint density at radius 1 is 0.952 bits per heavy atom. The predicted molar refractivity (Wildman–Crippen MR) is 154 cm³/mol. The fourth-order valence-electron chi connectivity index (χ4n) is 5.57. The molecule has 42 heavy (non-hydrogen) atoms. The van der Waals surface area contributed by atoms with Crippen LogP contribution in [0.3, 0.4) is 0 Å². The Morgan fingerprint density at radius 2 is 1.74 bits per heavy atom. The van der Waals surface area contributed by atoms with Crippen LogP contribution in [0, 0.1) is 5.92 Å². The van der Waals surface area contributed by atoms with Crippen LogP contribution >= 0.6 is 0 Å². The molecule has 11 heteroatoms. The third-order valence-electron chi connectivity index (χ3n) is 8.02. The number of benzene rings is 2. The summed E-state index contributed by atoms with van der Waals surface area (Å²) >= 11 is 0. The van der Waals surface area contributed by atoms with E-state index in [-0.39, 0.29) is 43.4 Å². The van der Waals surface area contributed by atoms with Gasteiger partial charge in [0, 0.05) is 38.0 Å². The summed E-state index contributed by atoms with van der Waals surface area (Å²) in [6, 6.07) is 14.4. The quantitative estimate of drug-likeness (QED) is 0.338. The lowest BCUT2D eigenvalue weighted by Gasteiger charge is -2.30. The van der Waals surface area contributed by atoms with Gasteiger partial charge in [-0.3, -0.25) is 19.2 Å². The zero-order chi connectivity index (χ0) is 29.6. The molecule has 1 saturated heterocycles. The molecule has 2 bridgehead atoms. The second-order valence-electron chi connectivity index (χ2n) is 11.5. The van der Waals surface area contributed by atoms with Crippen molar-refractivity contribution < 1.29 is 29.0 Å². The topological polar surface area (TPSA) is 149 Å². The van der Waals surface area contributed by atoms with Gasteiger partial charge in [-0.2, -0.15) is 0 Å². The first-order chi connectivity index (χ1) is 20.3. The van der Waals surface area contributed by atoms with Crippen LogP contribution in [0.1, 0.15) is 36.8 Å². The minimum Gasteiger partial charge on any atom is -0.484 e. The molecular formula is C31H39N5O6. The first-order valence-electron chi connectivity index (χ1n) is 14.6. The van der Waals surface area contributed by atoms with Crippen molar-refractivity contribution in [3.05, 3.63) is 65.7 Å². The number of aliphatic hydroxyl groups excluding tert-OH is 1. The summed E-state index contributed by atoms with van der Waals surface area (Å²) in [6.07, 6.45) is 0.929. The van der Waals surface area contributed by atoms with E-state index in [1.165, 1.54) is 11.8 Å². The van der Waals surface area contributed by atoms with Gasteiger partial charge in [0.05, 0.1) is 12.6 Å². The Labute approximate surface area is 245 Å². The summed E-state index contributed by atoms with van der Waals surface area (Å²) in [7, 11) is 0. The number of hydrogen-bond acceptors (Lipinski definition) is 7. The number of amides is 4. The van der Waals surface area contributed by atoms with Gasteiger partial charge in [0.2, 0.25) is 17.7 Å². The molecule has 1 saturated carbocycles. The molecule has 2 aromatic carbocycles. The van der Waals surface area contributed by atoms with Gasteiger partial charge in [0.15, 0.2) is 6.61 Å². The fourth-order valence-corrected chi connectivity index (χ4v) is 5.57. The zero-order valence-electron chi connectivity index (χ0n) is 23.8. The summed E-state index contributed by atoms with van der Waals surface area (Å²) in [4.78, 5) is 54.9. The maximum atomic E-state index is 13.7. The van der Waals surface area contributed by atoms with E-state index in [1.807, 2.05) is 48.5 Å². The molecular weight excluding hydrogens is 538 g/mol. The van der Waals surface area contributed by atoms with E-state index in [0.717, 1.165) is 24.0 Å². The van der Waals surface area contributed by atoms with Crippen molar-refractivity contribution >= 4 is 23.6 Å². The highest BCUT2D eigenvalue weighted by Gasteiger charge is 2.36. The van der Waals surface area contributed by atoms with E-state index in [0.29, 0.717) is 25.4 Å². The Kier molecular flexibility index (Phi) is 9.38. The van der Waals surface area contributed by atoms with Crippen molar-refractivity contribution in [3.63, 3.8) is 0 Å². The number of rotatable bonds is 5. The van der Waals surface area contributed by atoms with Gasteiger partial charge in [-0.1, -0.05) is 42.5 Å². The average Bonchev–Trinajstić information content (AvgIpc) is 3.68. The molecule has 2 aliphatic heterocycles. The molecule has 4 amide bonds. The Morgan fingerprint density at radius 3 is 2.48 bits per heavy atom. The number of fused-ring (bicyclic) bond motifs is 4. The fraction of sp³-hybridized carbons (Fsp3) is 0.484. The highest BCUT2D eigenvalue weighted by atomic mass is 16.5. The van der Waals surface area contributed by atoms with E-state index in [4.69, 9.17) is 4.74 Å². The predicted octanol–water partition coefficient (Wildman–Crippen LogP) is 0.0823. The minimum absolute atomic E-state index is 0.0513. The lowest BCUT2D eigenvalue weighted by Crippen LogP contribution is -2.58. The number of ether oxygens (including phenoxy) is 1. The van der Waals surface area contributed by atoms with Crippen molar-refractivity contribution in [2.75, 3.05) is 32.8 Å². The normalized spacial score (nSPS) is 26.6. The van der Waals surface area contributed by atoms with E-state index in [2.05, 4.69) is 21.3 Å². The number of hydrogen-bond donors (Lipinski definition) is 5. The van der Waals surface area contributed by atoms with Crippen LogP contribution in [0.2, 0.25) is 0 Å².